The molecular weight excluding hydrogens is 386 g/mol. The van der Waals surface area contributed by atoms with Gasteiger partial charge in [-0.25, -0.2) is 4.79 Å². The molecule has 0 saturated carbocycles. The van der Waals surface area contributed by atoms with Gasteiger partial charge in [-0.15, -0.1) is 0 Å². The Labute approximate surface area is 171 Å². The highest BCUT2D eigenvalue weighted by Crippen LogP contribution is 2.19. The zero-order valence-corrected chi connectivity index (χ0v) is 15.8. The first-order valence-electron chi connectivity index (χ1n) is 9.28. The van der Waals surface area contributed by atoms with Crippen LogP contribution in [0.15, 0.2) is 65.3 Å². The number of hydrogen-bond donors (Lipinski definition) is 3. The van der Waals surface area contributed by atoms with Crippen molar-refractivity contribution in [2.75, 3.05) is 0 Å². The zero-order chi connectivity index (χ0) is 20.9. The van der Waals surface area contributed by atoms with Gasteiger partial charge >= 0.3 is 6.03 Å². The molecule has 2 heterocycles. The number of hydrogen-bond acceptors (Lipinski definition) is 6. The van der Waals surface area contributed by atoms with Gasteiger partial charge in [-0.1, -0.05) is 53.7 Å². The Kier molecular flexibility index (Phi) is 5.42. The summed E-state index contributed by atoms with van der Waals surface area (Å²) in [4.78, 5) is 31.0. The molecule has 3 N–H and O–H groups in total. The normalized spacial score (nSPS) is 11.9. The lowest BCUT2D eigenvalue weighted by atomic mass is 10.1. The third-order valence-electron chi connectivity index (χ3n) is 4.59. The number of rotatable bonds is 7. The number of carbonyl (C=O) groups excluding carboxylic acids is 2. The summed E-state index contributed by atoms with van der Waals surface area (Å²) in [6.45, 7) is -0.0431. The third-order valence-corrected chi connectivity index (χ3v) is 4.59. The minimum atomic E-state index is -1.38. The van der Waals surface area contributed by atoms with Crippen LogP contribution in [-0.4, -0.2) is 33.2 Å². The first-order valence-corrected chi connectivity index (χ1v) is 9.28. The van der Waals surface area contributed by atoms with E-state index in [1.54, 1.807) is 6.20 Å². The van der Waals surface area contributed by atoms with E-state index in [0.717, 1.165) is 22.0 Å². The van der Waals surface area contributed by atoms with Crippen LogP contribution in [0, 0.1) is 0 Å². The second-order valence-corrected chi connectivity index (χ2v) is 6.64. The summed E-state index contributed by atoms with van der Waals surface area (Å²) >= 11 is 0. The van der Waals surface area contributed by atoms with E-state index in [0.29, 0.717) is 5.82 Å². The number of aromatic nitrogens is 3. The average Bonchev–Trinajstić information content (AvgIpc) is 3.40. The maximum Gasteiger partial charge on any atom is 0.315 e. The van der Waals surface area contributed by atoms with Crippen molar-refractivity contribution in [1.29, 1.82) is 0 Å². The van der Waals surface area contributed by atoms with Gasteiger partial charge in [0.15, 0.2) is 0 Å². The summed E-state index contributed by atoms with van der Waals surface area (Å²) in [7, 11) is 0. The van der Waals surface area contributed by atoms with Crippen molar-refractivity contribution in [1.82, 2.24) is 25.8 Å². The number of H-pyrrole nitrogens is 1. The number of para-hydroxylation sites is 1. The van der Waals surface area contributed by atoms with Crippen LogP contribution in [0.2, 0.25) is 0 Å². The summed E-state index contributed by atoms with van der Waals surface area (Å²) in [5, 5.41) is 21.2. The minimum absolute atomic E-state index is 0.0431. The number of carboxylic acids is 1. The molecule has 2 aromatic heterocycles. The van der Waals surface area contributed by atoms with Gasteiger partial charge in [0.1, 0.15) is 0 Å². The fraction of sp³-hybridized carbons (Fsp3) is 0.143. The van der Waals surface area contributed by atoms with E-state index >= 15 is 0 Å². The van der Waals surface area contributed by atoms with E-state index in [9.17, 15) is 14.7 Å². The van der Waals surface area contributed by atoms with Crippen molar-refractivity contribution >= 4 is 22.9 Å². The fourth-order valence-electron chi connectivity index (χ4n) is 3.11. The molecule has 0 aliphatic carbocycles. The van der Waals surface area contributed by atoms with Gasteiger partial charge in [-0.2, -0.15) is 4.98 Å². The van der Waals surface area contributed by atoms with Gasteiger partial charge in [0.25, 0.3) is 0 Å². The smallest absolute Gasteiger partial charge is 0.315 e. The molecule has 1 atom stereocenters. The van der Waals surface area contributed by atoms with Crippen molar-refractivity contribution in [3.8, 4) is 11.4 Å². The van der Waals surface area contributed by atoms with Crippen molar-refractivity contribution in [2.45, 2.75) is 19.0 Å². The Morgan fingerprint density at radius 2 is 1.87 bits per heavy atom. The van der Waals surface area contributed by atoms with Crippen LogP contribution >= 0.6 is 0 Å². The first-order chi connectivity index (χ1) is 14.6. The maximum atomic E-state index is 12.2. The monoisotopic (exact) mass is 404 g/mol. The summed E-state index contributed by atoms with van der Waals surface area (Å²) in [6.07, 6.45) is 1.81. The van der Waals surface area contributed by atoms with E-state index in [2.05, 4.69) is 25.8 Å². The van der Waals surface area contributed by atoms with E-state index in [-0.39, 0.29) is 18.9 Å². The van der Waals surface area contributed by atoms with Crippen LogP contribution in [0.1, 0.15) is 11.5 Å². The predicted octanol–water partition coefficient (Wildman–Crippen LogP) is 1.38. The average molecular weight is 404 g/mol. The molecule has 4 aromatic rings. The van der Waals surface area contributed by atoms with Crippen molar-refractivity contribution < 1.29 is 19.2 Å². The van der Waals surface area contributed by atoms with Crippen molar-refractivity contribution in [3.05, 3.63) is 72.2 Å². The number of aromatic amines is 1. The lowest BCUT2D eigenvalue weighted by Crippen LogP contribution is -2.51. The number of amides is 2. The van der Waals surface area contributed by atoms with E-state index in [4.69, 9.17) is 4.52 Å². The van der Waals surface area contributed by atoms with Crippen LogP contribution in [0.3, 0.4) is 0 Å². The standard InChI is InChI=1S/C21H19N5O4/c27-20(28)17(10-14-11-22-16-9-5-4-8-15(14)16)24-21(29)23-12-18-25-19(26-30-18)13-6-2-1-3-7-13/h1-9,11,17,22H,10,12H2,(H,27,28)(H2,23,24,29)/p-1. The van der Waals surface area contributed by atoms with E-state index < -0.39 is 18.0 Å². The lowest BCUT2D eigenvalue weighted by molar-refractivity contribution is -0.308. The Morgan fingerprint density at radius 1 is 1.10 bits per heavy atom. The summed E-state index contributed by atoms with van der Waals surface area (Å²) in [5.74, 6) is -0.773. The molecule has 0 bridgehead atoms. The second kappa shape index (κ2) is 8.48. The molecule has 9 heteroatoms. The molecule has 0 spiro atoms. The predicted molar refractivity (Wildman–Crippen MR) is 106 cm³/mol. The van der Waals surface area contributed by atoms with Crippen molar-refractivity contribution in [2.24, 2.45) is 0 Å². The fourth-order valence-corrected chi connectivity index (χ4v) is 3.11. The number of fused-ring (bicyclic) bond motifs is 1. The highest BCUT2D eigenvalue weighted by Gasteiger charge is 2.17. The van der Waals surface area contributed by atoms with Crippen LogP contribution in [0.25, 0.3) is 22.3 Å². The molecule has 2 amide bonds. The molecule has 4 rings (SSSR count). The molecule has 152 valence electrons. The maximum absolute atomic E-state index is 12.2. The number of benzene rings is 2. The van der Waals surface area contributed by atoms with Crippen LogP contribution in [0.5, 0.6) is 0 Å². The topological polar surface area (TPSA) is 136 Å². The van der Waals surface area contributed by atoms with Gasteiger partial charge < -0.3 is 30.0 Å². The molecule has 2 aromatic carbocycles. The number of carboxylic acid groups (broad SMARTS) is 1. The third kappa shape index (κ3) is 4.30. The Morgan fingerprint density at radius 3 is 2.67 bits per heavy atom. The molecule has 0 aliphatic rings. The van der Waals surface area contributed by atoms with Gasteiger partial charge in [0.05, 0.1) is 18.6 Å². The largest absolute Gasteiger partial charge is 0.548 e. The molecule has 0 radical (unpaired) electrons. The molecule has 1 unspecified atom stereocenters. The highest BCUT2D eigenvalue weighted by molar-refractivity contribution is 5.85. The number of urea groups is 1. The molecular formula is C21H18N5O4-. The molecule has 0 saturated heterocycles. The number of nitrogens with one attached hydrogen (secondary N) is 3. The first kappa shape index (κ1) is 19.2. The molecule has 30 heavy (non-hydrogen) atoms. The van der Waals surface area contributed by atoms with E-state index in [1.807, 2.05) is 54.6 Å². The number of nitrogens with zero attached hydrogens (tertiary/aromatic N) is 2. The van der Waals surface area contributed by atoms with Gasteiger partial charge in [-0.05, 0) is 11.6 Å². The Balaban J connectivity index is 1.36. The lowest BCUT2D eigenvalue weighted by Gasteiger charge is -2.19. The van der Waals surface area contributed by atoms with Crippen LogP contribution in [-0.2, 0) is 17.8 Å². The van der Waals surface area contributed by atoms with E-state index in [1.165, 1.54) is 0 Å². The molecule has 0 aliphatic heterocycles. The number of carbonyl (C=O) groups is 2. The summed E-state index contributed by atoms with van der Waals surface area (Å²) in [5.41, 5.74) is 2.44. The Bertz CT molecular complexity index is 1170. The number of aliphatic carboxylic acids is 1. The quantitative estimate of drug-likeness (QED) is 0.426. The SMILES string of the molecule is O=C(NCc1nc(-c2ccccc2)no1)NC(Cc1c[nH]c2ccccc12)C(=O)[O-]. The van der Waals surface area contributed by atoms with Crippen molar-refractivity contribution in [3.63, 3.8) is 0 Å². The zero-order valence-electron chi connectivity index (χ0n) is 15.8. The highest BCUT2D eigenvalue weighted by atomic mass is 16.5. The molecule has 0 fully saturated rings. The van der Waals surface area contributed by atoms with Gasteiger partial charge in [-0.3, -0.25) is 0 Å². The minimum Gasteiger partial charge on any atom is -0.548 e. The Hall–Kier alpha value is -4.14. The summed E-state index contributed by atoms with van der Waals surface area (Å²) < 4.78 is 5.12. The van der Waals surface area contributed by atoms with Gasteiger partial charge in [0, 0.05) is 29.1 Å². The van der Waals surface area contributed by atoms with Crippen LogP contribution < -0.4 is 15.7 Å². The summed E-state index contributed by atoms with van der Waals surface area (Å²) in [6, 6.07) is 14.9. The molecule has 9 nitrogen and oxygen atoms in total. The van der Waals surface area contributed by atoms with Crippen LogP contribution in [0.4, 0.5) is 4.79 Å². The second-order valence-electron chi connectivity index (χ2n) is 6.64. The van der Waals surface area contributed by atoms with Gasteiger partial charge in [0.2, 0.25) is 11.7 Å².